The molecule has 92 valence electrons. The van der Waals surface area contributed by atoms with Crippen LogP contribution in [-0.4, -0.2) is 9.97 Å². The first-order valence-electron chi connectivity index (χ1n) is 5.89. The van der Waals surface area contributed by atoms with Crippen molar-refractivity contribution >= 4 is 22.5 Å². The van der Waals surface area contributed by atoms with Gasteiger partial charge in [0.2, 0.25) is 0 Å². The van der Waals surface area contributed by atoms with Crippen LogP contribution in [0.4, 0.5) is 0 Å². The number of aromatic nitrogens is 2. The fourth-order valence-electron chi connectivity index (χ4n) is 2.12. The topological polar surface area (TPSA) is 41.8 Å². The van der Waals surface area contributed by atoms with Gasteiger partial charge >= 0.3 is 0 Å². The molecule has 3 aromatic rings. The Bertz CT molecular complexity index is 684. The van der Waals surface area contributed by atoms with Gasteiger partial charge in [0.1, 0.15) is 6.26 Å². The molecule has 0 amide bonds. The van der Waals surface area contributed by atoms with Crippen LogP contribution in [0, 0.1) is 6.92 Å². The number of nitrogens with one attached hydrogen (secondary N) is 1. The van der Waals surface area contributed by atoms with E-state index in [9.17, 15) is 0 Å². The van der Waals surface area contributed by atoms with Gasteiger partial charge < -0.3 is 9.40 Å². The number of benzene rings is 1. The summed E-state index contributed by atoms with van der Waals surface area (Å²) in [4.78, 5) is 7.55. The maximum absolute atomic E-state index is 6.02. The molecule has 1 aromatic carbocycles. The number of halogens is 1. The minimum absolute atomic E-state index is 0.760. The number of hydrogen-bond acceptors (Lipinski definition) is 2. The Morgan fingerprint density at radius 2 is 2.22 bits per heavy atom. The van der Waals surface area contributed by atoms with Gasteiger partial charge in [-0.3, -0.25) is 0 Å². The van der Waals surface area contributed by atoms with Gasteiger partial charge in [-0.2, -0.15) is 0 Å². The normalized spacial score (nSPS) is 11.2. The van der Waals surface area contributed by atoms with E-state index < -0.39 is 0 Å². The number of hydrogen-bond donors (Lipinski definition) is 1. The zero-order valence-corrected chi connectivity index (χ0v) is 10.8. The van der Waals surface area contributed by atoms with Crippen LogP contribution in [0.1, 0.15) is 17.1 Å². The molecule has 3 nitrogen and oxygen atoms in total. The average molecular weight is 261 g/mol. The predicted molar refractivity (Wildman–Crippen MR) is 72.0 cm³/mol. The second kappa shape index (κ2) is 4.50. The molecule has 0 spiro atoms. The zero-order chi connectivity index (χ0) is 12.5. The number of rotatable bonds is 3. The summed E-state index contributed by atoms with van der Waals surface area (Å²) in [6, 6.07) is 5.88. The van der Waals surface area contributed by atoms with Crippen molar-refractivity contribution in [1.82, 2.24) is 9.97 Å². The molecule has 0 aliphatic heterocycles. The molecular formula is C14H13ClN2O. The highest BCUT2D eigenvalue weighted by Crippen LogP contribution is 2.23. The average Bonchev–Trinajstić information content (AvgIpc) is 2.93. The molecule has 0 saturated heterocycles. The first kappa shape index (κ1) is 11.4. The van der Waals surface area contributed by atoms with E-state index in [1.165, 1.54) is 10.9 Å². The van der Waals surface area contributed by atoms with E-state index in [-0.39, 0.29) is 0 Å². The zero-order valence-electron chi connectivity index (χ0n) is 10.0. The lowest BCUT2D eigenvalue weighted by molar-refractivity contribution is 0.494. The lowest BCUT2D eigenvalue weighted by Crippen LogP contribution is -1.90. The Balaban J connectivity index is 1.84. The van der Waals surface area contributed by atoms with E-state index in [0.717, 1.165) is 35.0 Å². The van der Waals surface area contributed by atoms with Crippen LogP contribution in [0.15, 0.2) is 35.1 Å². The molecule has 0 unspecified atom stereocenters. The van der Waals surface area contributed by atoms with Crippen LogP contribution >= 0.6 is 11.6 Å². The second-order valence-electron chi connectivity index (χ2n) is 4.39. The van der Waals surface area contributed by atoms with Crippen molar-refractivity contribution in [3.8, 4) is 0 Å². The minimum atomic E-state index is 0.760. The van der Waals surface area contributed by atoms with Gasteiger partial charge in [0.05, 0.1) is 5.69 Å². The van der Waals surface area contributed by atoms with Crippen molar-refractivity contribution in [3.63, 3.8) is 0 Å². The van der Waals surface area contributed by atoms with Crippen LogP contribution in [0.3, 0.4) is 0 Å². The lowest BCUT2D eigenvalue weighted by Gasteiger charge is -1.97. The molecule has 0 radical (unpaired) electrons. The monoisotopic (exact) mass is 260 g/mol. The number of aromatic amines is 1. The van der Waals surface area contributed by atoms with E-state index in [2.05, 4.69) is 9.97 Å². The maximum Gasteiger partial charge on any atom is 0.194 e. The molecule has 0 aliphatic carbocycles. The van der Waals surface area contributed by atoms with Crippen molar-refractivity contribution in [2.45, 2.75) is 19.8 Å². The van der Waals surface area contributed by atoms with Crippen molar-refractivity contribution in [2.75, 3.05) is 0 Å². The third kappa shape index (κ3) is 2.14. The highest BCUT2D eigenvalue weighted by Gasteiger charge is 2.07. The summed E-state index contributed by atoms with van der Waals surface area (Å²) < 4.78 is 5.35. The molecule has 0 aliphatic rings. The summed E-state index contributed by atoms with van der Waals surface area (Å²) in [6.07, 6.45) is 5.39. The summed E-state index contributed by atoms with van der Waals surface area (Å²) in [5.74, 6) is 0.781. The molecule has 3 rings (SSSR count). The SMILES string of the molecule is Cc1coc(CCc2c[nH]c3ccc(Cl)cc23)n1. The van der Waals surface area contributed by atoms with Gasteiger partial charge in [-0.1, -0.05) is 11.6 Å². The van der Waals surface area contributed by atoms with Crippen LogP contribution in [0.2, 0.25) is 5.02 Å². The smallest absolute Gasteiger partial charge is 0.194 e. The standard InChI is InChI=1S/C14H13ClN2O/c1-9-8-18-14(17-9)5-2-10-7-16-13-4-3-11(15)6-12(10)13/h3-4,6-8,16H,2,5H2,1H3. The molecule has 1 N–H and O–H groups in total. The Labute approximate surface area is 110 Å². The Kier molecular flexibility index (Phi) is 2.84. The number of aryl methyl sites for hydroxylation is 3. The van der Waals surface area contributed by atoms with Gasteiger partial charge in [0, 0.05) is 28.5 Å². The molecule has 2 heterocycles. The van der Waals surface area contributed by atoms with Crippen LogP contribution in [0.5, 0.6) is 0 Å². The maximum atomic E-state index is 6.02. The summed E-state index contributed by atoms with van der Waals surface area (Å²) >= 11 is 6.02. The molecule has 18 heavy (non-hydrogen) atoms. The molecule has 0 atom stereocenters. The number of fused-ring (bicyclic) bond motifs is 1. The number of H-pyrrole nitrogens is 1. The van der Waals surface area contributed by atoms with Crippen LogP contribution in [0.25, 0.3) is 10.9 Å². The Morgan fingerprint density at radius 3 is 3.00 bits per heavy atom. The van der Waals surface area contributed by atoms with Gasteiger partial charge in [-0.25, -0.2) is 4.98 Å². The number of oxazole rings is 1. The van der Waals surface area contributed by atoms with Gasteiger partial charge in [0.25, 0.3) is 0 Å². The molecule has 0 saturated carbocycles. The highest BCUT2D eigenvalue weighted by atomic mass is 35.5. The van der Waals surface area contributed by atoms with E-state index >= 15 is 0 Å². The summed E-state index contributed by atoms with van der Waals surface area (Å²) in [5.41, 5.74) is 3.27. The molecule has 4 heteroatoms. The summed E-state index contributed by atoms with van der Waals surface area (Å²) in [6.45, 7) is 1.93. The van der Waals surface area contributed by atoms with Gasteiger partial charge in [-0.05, 0) is 37.1 Å². The fraction of sp³-hybridized carbons (Fsp3) is 0.214. The molecule has 0 fully saturated rings. The van der Waals surface area contributed by atoms with E-state index in [1.54, 1.807) is 6.26 Å². The van der Waals surface area contributed by atoms with Crippen molar-refractivity contribution in [3.05, 3.63) is 52.8 Å². The first-order chi connectivity index (χ1) is 8.72. The van der Waals surface area contributed by atoms with Crippen LogP contribution in [-0.2, 0) is 12.8 Å². The lowest BCUT2D eigenvalue weighted by atomic mass is 10.1. The van der Waals surface area contributed by atoms with Crippen LogP contribution < -0.4 is 0 Å². The molecular weight excluding hydrogens is 248 g/mol. The summed E-state index contributed by atoms with van der Waals surface area (Å²) in [5, 5.41) is 1.93. The van der Waals surface area contributed by atoms with Crippen molar-refractivity contribution in [1.29, 1.82) is 0 Å². The molecule has 0 bridgehead atoms. The third-order valence-corrected chi connectivity index (χ3v) is 3.24. The first-order valence-corrected chi connectivity index (χ1v) is 6.27. The quantitative estimate of drug-likeness (QED) is 0.776. The minimum Gasteiger partial charge on any atom is -0.449 e. The molecule has 2 aromatic heterocycles. The number of nitrogens with zero attached hydrogens (tertiary/aromatic N) is 1. The fourth-order valence-corrected chi connectivity index (χ4v) is 2.29. The van der Waals surface area contributed by atoms with Gasteiger partial charge in [0.15, 0.2) is 5.89 Å². The van der Waals surface area contributed by atoms with E-state index in [4.69, 9.17) is 16.0 Å². The highest BCUT2D eigenvalue weighted by molar-refractivity contribution is 6.31. The van der Waals surface area contributed by atoms with Crippen molar-refractivity contribution < 1.29 is 4.42 Å². The Hall–Kier alpha value is -1.74. The third-order valence-electron chi connectivity index (χ3n) is 3.00. The predicted octanol–water partition coefficient (Wildman–Crippen LogP) is 3.90. The van der Waals surface area contributed by atoms with Gasteiger partial charge in [-0.15, -0.1) is 0 Å². The largest absolute Gasteiger partial charge is 0.449 e. The second-order valence-corrected chi connectivity index (χ2v) is 4.82. The van der Waals surface area contributed by atoms with Crippen molar-refractivity contribution in [2.24, 2.45) is 0 Å². The van der Waals surface area contributed by atoms with E-state index in [1.807, 2.05) is 31.3 Å². The van der Waals surface area contributed by atoms with E-state index in [0.29, 0.717) is 0 Å². The summed E-state index contributed by atoms with van der Waals surface area (Å²) in [7, 11) is 0. The Morgan fingerprint density at radius 1 is 1.33 bits per heavy atom.